The number of aryl methyl sites for hydroxylation is 1. The monoisotopic (exact) mass is 518 g/mol. The number of carbonyl (C=O) groups excluding carboxylic acids is 2. The van der Waals surface area contributed by atoms with Gasteiger partial charge in [-0.1, -0.05) is 29.8 Å². The Morgan fingerprint density at radius 1 is 1.00 bits per heavy atom. The maximum absolute atomic E-state index is 13.0. The van der Waals surface area contributed by atoms with Crippen LogP contribution in [-0.2, 0) is 29.1 Å². The Labute approximate surface area is 210 Å². The molecular formula is C25H30N2O8S. The molecule has 0 aromatic heterocycles. The summed E-state index contributed by atoms with van der Waals surface area (Å²) in [6.07, 6.45) is -0.282. The zero-order valence-electron chi connectivity index (χ0n) is 20.7. The summed E-state index contributed by atoms with van der Waals surface area (Å²) < 4.78 is 40.9. The van der Waals surface area contributed by atoms with Gasteiger partial charge in [-0.25, -0.2) is 4.83 Å². The molecule has 2 aromatic carbocycles. The number of hydrogen-bond donors (Lipinski definition) is 2. The van der Waals surface area contributed by atoms with Gasteiger partial charge < -0.3 is 19.3 Å². The molecule has 2 aromatic rings. The first-order chi connectivity index (χ1) is 16.9. The average Bonchev–Trinajstić information content (AvgIpc) is 2.86. The van der Waals surface area contributed by atoms with E-state index in [9.17, 15) is 23.1 Å². The van der Waals surface area contributed by atoms with E-state index in [-0.39, 0.29) is 17.0 Å². The number of methoxy groups -OCH3 is 3. The van der Waals surface area contributed by atoms with Crippen LogP contribution in [0.4, 0.5) is 0 Å². The third-order valence-electron chi connectivity index (χ3n) is 6.34. The molecule has 10 nitrogen and oxygen atoms in total. The SMILES string of the molecule is COC(=O)[C@@H]1/C(=N\NS(=O)(=O)c2ccc(C)cc2)C[C@](C)(O)[C@H](C(=O)OC)[C@H]1c1ccc(OC)cc1. The van der Waals surface area contributed by atoms with E-state index in [1.807, 2.05) is 6.92 Å². The van der Waals surface area contributed by atoms with Crippen molar-refractivity contribution >= 4 is 27.7 Å². The van der Waals surface area contributed by atoms with Crippen molar-refractivity contribution in [3.05, 3.63) is 59.7 Å². The molecule has 1 aliphatic rings. The highest BCUT2D eigenvalue weighted by atomic mass is 32.2. The normalized spacial score (nSPS) is 25.2. The predicted molar refractivity (Wildman–Crippen MR) is 131 cm³/mol. The maximum atomic E-state index is 13.0. The first kappa shape index (κ1) is 27.2. The van der Waals surface area contributed by atoms with E-state index in [1.54, 1.807) is 36.4 Å². The summed E-state index contributed by atoms with van der Waals surface area (Å²) in [4.78, 5) is 28.1. The van der Waals surface area contributed by atoms with Crippen molar-refractivity contribution in [1.29, 1.82) is 0 Å². The zero-order chi connectivity index (χ0) is 26.7. The van der Waals surface area contributed by atoms with Gasteiger partial charge in [0.25, 0.3) is 10.0 Å². The second-order valence-corrected chi connectivity index (χ2v) is 10.5. The van der Waals surface area contributed by atoms with Crippen LogP contribution in [0.15, 0.2) is 58.5 Å². The smallest absolute Gasteiger partial charge is 0.315 e. The number of esters is 2. The lowest BCUT2D eigenvalue weighted by atomic mass is 9.61. The van der Waals surface area contributed by atoms with Gasteiger partial charge in [-0.2, -0.15) is 13.5 Å². The van der Waals surface area contributed by atoms with Gasteiger partial charge in [0.2, 0.25) is 0 Å². The first-order valence-electron chi connectivity index (χ1n) is 11.1. The van der Waals surface area contributed by atoms with Gasteiger partial charge in [0.05, 0.1) is 43.5 Å². The molecule has 3 rings (SSSR count). The van der Waals surface area contributed by atoms with Crippen LogP contribution in [0.2, 0.25) is 0 Å². The summed E-state index contributed by atoms with van der Waals surface area (Å²) in [5, 5.41) is 15.4. The third-order valence-corrected chi connectivity index (χ3v) is 7.56. The van der Waals surface area contributed by atoms with E-state index in [4.69, 9.17) is 14.2 Å². The molecule has 11 heteroatoms. The van der Waals surface area contributed by atoms with Gasteiger partial charge in [0.1, 0.15) is 11.7 Å². The molecule has 0 spiro atoms. The summed E-state index contributed by atoms with van der Waals surface area (Å²) in [5.41, 5.74) is -0.319. The molecule has 194 valence electrons. The fraction of sp³-hybridized carbons (Fsp3) is 0.400. The molecule has 1 fully saturated rings. The van der Waals surface area contributed by atoms with Gasteiger partial charge in [-0.05, 0) is 43.7 Å². The molecule has 1 aliphatic carbocycles. The van der Waals surface area contributed by atoms with Crippen LogP contribution in [0.3, 0.4) is 0 Å². The molecule has 0 unspecified atom stereocenters. The van der Waals surface area contributed by atoms with Crippen LogP contribution in [0.1, 0.15) is 30.4 Å². The number of nitrogens with zero attached hydrogens (tertiary/aromatic N) is 1. The molecule has 0 heterocycles. The maximum Gasteiger partial charge on any atom is 0.315 e. The molecule has 0 bridgehead atoms. The van der Waals surface area contributed by atoms with Crippen LogP contribution < -0.4 is 9.57 Å². The topological polar surface area (TPSA) is 141 Å². The number of nitrogens with one attached hydrogen (secondary N) is 1. The van der Waals surface area contributed by atoms with Crippen molar-refractivity contribution in [3.8, 4) is 5.75 Å². The Morgan fingerprint density at radius 2 is 1.58 bits per heavy atom. The second kappa shape index (κ2) is 10.7. The van der Waals surface area contributed by atoms with Crippen molar-refractivity contribution in [1.82, 2.24) is 4.83 Å². The highest BCUT2D eigenvalue weighted by Crippen LogP contribution is 2.47. The van der Waals surface area contributed by atoms with E-state index in [1.165, 1.54) is 40.4 Å². The molecule has 0 amide bonds. The third kappa shape index (κ3) is 5.52. The lowest BCUT2D eigenvalue weighted by Crippen LogP contribution is -2.55. The number of benzene rings is 2. The number of ether oxygens (including phenoxy) is 3. The molecule has 0 radical (unpaired) electrons. The second-order valence-electron chi connectivity index (χ2n) is 8.85. The molecule has 0 aliphatic heterocycles. The van der Waals surface area contributed by atoms with Gasteiger partial charge in [-0.15, -0.1) is 0 Å². The first-order valence-corrected chi connectivity index (χ1v) is 12.6. The van der Waals surface area contributed by atoms with Crippen molar-refractivity contribution in [2.75, 3.05) is 21.3 Å². The van der Waals surface area contributed by atoms with E-state index in [0.717, 1.165) is 5.56 Å². The number of hydrazone groups is 1. The molecule has 0 saturated heterocycles. The standard InChI is InChI=1S/C25H30N2O8S/c1-15-6-12-18(13-7-15)36(31,32)27-26-19-14-25(2,30)22(24(29)35-5)20(21(19)23(28)34-4)16-8-10-17(33-3)11-9-16/h6-13,20-22,27,30H,14H2,1-5H3/b26-19-/t20-,21+,22-,25-/m0/s1. The molecule has 2 N–H and O–H groups in total. The van der Waals surface area contributed by atoms with Gasteiger partial charge >= 0.3 is 11.9 Å². The van der Waals surface area contributed by atoms with E-state index in [0.29, 0.717) is 11.3 Å². The fourth-order valence-electron chi connectivity index (χ4n) is 4.52. The minimum absolute atomic E-state index is 0.0171. The summed E-state index contributed by atoms with van der Waals surface area (Å²) in [7, 11) is -0.202. The van der Waals surface area contributed by atoms with Crippen molar-refractivity contribution in [3.63, 3.8) is 0 Å². The lowest BCUT2D eigenvalue weighted by molar-refractivity contribution is -0.160. The number of hydrogen-bond acceptors (Lipinski definition) is 9. The predicted octanol–water partition coefficient (Wildman–Crippen LogP) is 2.15. The quantitative estimate of drug-likeness (QED) is 0.420. The van der Waals surface area contributed by atoms with Crippen LogP contribution in [-0.4, -0.2) is 58.1 Å². The van der Waals surface area contributed by atoms with E-state index >= 15 is 0 Å². The number of carbonyl (C=O) groups is 2. The molecule has 1 saturated carbocycles. The highest BCUT2D eigenvalue weighted by Gasteiger charge is 2.56. The van der Waals surface area contributed by atoms with Crippen molar-refractivity contribution in [2.45, 2.75) is 36.7 Å². The minimum Gasteiger partial charge on any atom is -0.497 e. The molecular weight excluding hydrogens is 488 g/mol. The Morgan fingerprint density at radius 3 is 2.11 bits per heavy atom. The highest BCUT2D eigenvalue weighted by molar-refractivity contribution is 7.89. The van der Waals surface area contributed by atoms with Gasteiger partial charge in [-0.3, -0.25) is 9.59 Å². The fourth-order valence-corrected chi connectivity index (χ4v) is 5.36. The van der Waals surface area contributed by atoms with Crippen molar-refractivity contribution < 1.29 is 37.3 Å². The average molecular weight is 519 g/mol. The summed E-state index contributed by atoms with van der Waals surface area (Å²) in [5.74, 6) is -4.25. The summed E-state index contributed by atoms with van der Waals surface area (Å²) in [6, 6.07) is 12.8. The Kier molecular flexibility index (Phi) is 8.05. The van der Waals surface area contributed by atoms with Crippen LogP contribution in [0, 0.1) is 18.8 Å². The zero-order valence-corrected chi connectivity index (χ0v) is 21.5. The van der Waals surface area contributed by atoms with E-state index < -0.39 is 45.3 Å². The number of rotatable bonds is 7. The minimum atomic E-state index is -4.07. The Hall–Kier alpha value is -3.44. The van der Waals surface area contributed by atoms with Crippen LogP contribution in [0.5, 0.6) is 5.75 Å². The Balaban J connectivity index is 2.13. The van der Waals surface area contributed by atoms with Crippen LogP contribution >= 0.6 is 0 Å². The number of aliphatic hydroxyl groups is 1. The van der Waals surface area contributed by atoms with Gasteiger partial charge in [0.15, 0.2) is 0 Å². The Bertz CT molecular complexity index is 1240. The summed E-state index contributed by atoms with van der Waals surface area (Å²) in [6.45, 7) is 3.24. The lowest BCUT2D eigenvalue weighted by Gasteiger charge is -2.44. The van der Waals surface area contributed by atoms with Gasteiger partial charge in [0, 0.05) is 12.3 Å². The van der Waals surface area contributed by atoms with Crippen LogP contribution in [0.25, 0.3) is 0 Å². The number of sulfonamides is 1. The summed E-state index contributed by atoms with van der Waals surface area (Å²) >= 11 is 0. The van der Waals surface area contributed by atoms with Crippen molar-refractivity contribution in [2.24, 2.45) is 16.9 Å². The largest absolute Gasteiger partial charge is 0.497 e. The molecule has 4 atom stereocenters. The van der Waals surface area contributed by atoms with E-state index in [2.05, 4.69) is 9.93 Å². The molecule has 36 heavy (non-hydrogen) atoms.